The number of alkyl halides is 3. The van der Waals surface area contributed by atoms with E-state index in [1.165, 1.54) is 6.07 Å². The predicted octanol–water partition coefficient (Wildman–Crippen LogP) is 6.85. The Kier molecular flexibility index (Phi) is 6.78. The van der Waals surface area contributed by atoms with Gasteiger partial charge in [-0.25, -0.2) is 9.97 Å². The number of nitrogens with zero attached hydrogens (tertiary/aromatic N) is 3. The van der Waals surface area contributed by atoms with E-state index in [-0.39, 0.29) is 11.6 Å². The van der Waals surface area contributed by atoms with Crippen LogP contribution >= 0.6 is 11.9 Å². The van der Waals surface area contributed by atoms with Gasteiger partial charge in [0.1, 0.15) is 16.7 Å². The van der Waals surface area contributed by atoms with Gasteiger partial charge in [-0.1, -0.05) is 30.3 Å². The van der Waals surface area contributed by atoms with Crippen molar-refractivity contribution < 1.29 is 23.1 Å². The van der Waals surface area contributed by atoms with Crippen molar-refractivity contribution in [3.05, 3.63) is 65.7 Å². The number of carboxylic acid groups (broad SMARTS) is 1. The summed E-state index contributed by atoms with van der Waals surface area (Å²) in [5.74, 6) is 0.409. The zero-order valence-corrected chi connectivity index (χ0v) is 21.1. The number of aliphatic carboxylic acids is 1. The average Bonchev–Trinajstić information content (AvgIpc) is 3.72. The molecule has 0 unspecified atom stereocenters. The van der Waals surface area contributed by atoms with Gasteiger partial charge >= 0.3 is 12.1 Å². The van der Waals surface area contributed by atoms with E-state index in [2.05, 4.69) is 14.7 Å². The lowest BCUT2D eigenvalue weighted by Gasteiger charge is -2.38. The molecule has 2 N–H and O–H groups in total. The molecule has 2 fully saturated rings. The van der Waals surface area contributed by atoms with Gasteiger partial charge in [0.2, 0.25) is 0 Å². The van der Waals surface area contributed by atoms with Gasteiger partial charge in [-0.2, -0.15) is 13.2 Å². The van der Waals surface area contributed by atoms with Crippen LogP contribution in [0.4, 0.5) is 24.8 Å². The molecular formula is C27H27F3N4O2S. The number of aromatic nitrogens is 2. The maximum Gasteiger partial charge on any atom is 0.418 e. The van der Waals surface area contributed by atoms with Gasteiger partial charge in [0.25, 0.3) is 0 Å². The predicted molar refractivity (Wildman–Crippen MR) is 138 cm³/mol. The second-order valence-corrected chi connectivity index (χ2v) is 10.7. The molecule has 5 rings (SSSR count). The van der Waals surface area contributed by atoms with Crippen LogP contribution in [0.3, 0.4) is 0 Å². The van der Waals surface area contributed by atoms with Gasteiger partial charge in [0.05, 0.1) is 16.7 Å². The van der Waals surface area contributed by atoms with E-state index in [4.69, 9.17) is 0 Å². The van der Waals surface area contributed by atoms with Crippen molar-refractivity contribution >= 4 is 29.6 Å². The molecule has 2 aliphatic rings. The number of benzene rings is 1. The number of rotatable bonds is 7. The van der Waals surface area contributed by atoms with Gasteiger partial charge in [-0.15, -0.1) is 0 Å². The molecule has 3 heterocycles. The molecule has 6 nitrogen and oxygen atoms in total. The van der Waals surface area contributed by atoms with Crippen molar-refractivity contribution in [1.82, 2.24) is 9.97 Å². The first-order chi connectivity index (χ1) is 17.6. The van der Waals surface area contributed by atoms with E-state index in [1.54, 1.807) is 25.1 Å². The summed E-state index contributed by atoms with van der Waals surface area (Å²) >= 11 is 1.15. The number of hydrogen-bond donors (Lipinski definition) is 2. The maximum absolute atomic E-state index is 13.9. The number of hydrogen-bond acceptors (Lipinski definition) is 6. The monoisotopic (exact) mass is 528 g/mol. The summed E-state index contributed by atoms with van der Waals surface area (Å²) in [6.45, 7) is 2.82. The molecule has 2 aromatic heterocycles. The van der Waals surface area contributed by atoms with Crippen molar-refractivity contribution in [2.24, 2.45) is 5.41 Å². The molecule has 0 bridgehead atoms. The Labute approximate surface area is 217 Å². The Morgan fingerprint density at radius 1 is 1.11 bits per heavy atom. The second kappa shape index (κ2) is 9.89. The molecular weight excluding hydrogens is 501 g/mol. The van der Waals surface area contributed by atoms with Crippen LogP contribution in [0.15, 0.2) is 59.6 Å². The number of halogens is 3. The molecule has 0 amide bonds. The van der Waals surface area contributed by atoms with Gasteiger partial charge in [0.15, 0.2) is 0 Å². The summed E-state index contributed by atoms with van der Waals surface area (Å²) in [6, 6.07) is 15.0. The molecule has 1 saturated carbocycles. The number of carboxylic acids is 1. The highest BCUT2D eigenvalue weighted by Crippen LogP contribution is 2.46. The molecule has 0 spiro atoms. The quantitative estimate of drug-likeness (QED) is 0.325. The SMILES string of the molecule is C[C@@]1(C(=O)O)CCCN(c2cccc(SNc3ccc(C(F)(F)F)c(-c4ccccc4C4CC4)n3)n2)C1. The lowest BCUT2D eigenvalue weighted by Crippen LogP contribution is -2.46. The third-order valence-electron chi connectivity index (χ3n) is 6.94. The number of pyridine rings is 2. The molecule has 1 saturated heterocycles. The van der Waals surface area contributed by atoms with E-state index in [1.807, 2.05) is 29.2 Å². The summed E-state index contributed by atoms with van der Waals surface area (Å²) in [7, 11) is 0. The van der Waals surface area contributed by atoms with Gasteiger partial charge in [-0.3, -0.25) is 4.79 Å². The summed E-state index contributed by atoms with van der Waals surface area (Å²) in [6.07, 6.45) is -1.23. The van der Waals surface area contributed by atoms with Gasteiger partial charge in [0, 0.05) is 30.6 Å². The van der Waals surface area contributed by atoms with Crippen LogP contribution in [0.5, 0.6) is 0 Å². The van der Waals surface area contributed by atoms with E-state index < -0.39 is 23.1 Å². The van der Waals surface area contributed by atoms with Crippen molar-refractivity contribution in [1.29, 1.82) is 0 Å². The summed E-state index contributed by atoms with van der Waals surface area (Å²) in [5.41, 5.74) is -0.266. The van der Waals surface area contributed by atoms with Crippen LogP contribution in [0.25, 0.3) is 11.3 Å². The fraction of sp³-hybridized carbons (Fsp3) is 0.370. The minimum Gasteiger partial charge on any atom is -0.481 e. The van der Waals surface area contributed by atoms with E-state index in [0.717, 1.165) is 42.8 Å². The Morgan fingerprint density at radius 3 is 2.62 bits per heavy atom. The molecule has 0 radical (unpaired) electrons. The first-order valence-corrected chi connectivity index (χ1v) is 13.0. The largest absolute Gasteiger partial charge is 0.481 e. The van der Waals surface area contributed by atoms with E-state index in [9.17, 15) is 23.1 Å². The zero-order chi connectivity index (χ0) is 26.2. The summed E-state index contributed by atoms with van der Waals surface area (Å²) < 4.78 is 44.7. The number of piperidine rings is 1. The normalized spacial score (nSPS) is 20.1. The zero-order valence-electron chi connectivity index (χ0n) is 20.3. The number of anilines is 2. The fourth-order valence-electron chi connectivity index (χ4n) is 4.76. The fourth-order valence-corrected chi connectivity index (χ4v) is 5.37. The Hall–Kier alpha value is -3.27. The second-order valence-electron chi connectivity index (χ2n) is 9.88. The number of nitrogens with one attached hydrogen (secondary N) is 1. The van der Waals surface area contributed by atoms with Crippen molar-refractivity contribution in [2.45, 2.75) is 49.7 Å². The molecule has 1 aliphatic carbocycles. The highest BCUT2D eigenvalue weighted by Gasteiger charge is 2.39. The van der Waals surface area contributed by atoms with Crippen molar-refractivity contribution in [2.75, 3.05) is 22.7 Å². The topological polar surface area (TPSA) is 78.4 Å². The lowest BCUT2D eigenvalue weighted by molar-refractivity contribution is -0.148. The van der Waals surface area contributed by atoms with Crippen LogP contribution < -0.4 is 9.62 Å². The van der Waals surface area contributed by atoms with Crippen molar-refractivity contribution in [3.8, 4) is 11.3 Å². The molecule has 1 atom stereocenters. The Balaban J connectivity index is 1.38. The average molecular weight is 529 g/mol. The van der Waals surface area contributed by atoms with E-state index in [0.29, 0.717) is 41.7 Å². The Morgan fingerprint density at radius 2 is 1.89 bits per heavy atom. The first-order valence-electron chi connectivity index (χ1n) is 12.2. The number of carbonyl (C=O) groups is 1. The third kappa shape index (κ3) is 5.53. The van der Waals surface area contributed by atoms with Crippen LogP contribution in [0.1, 0.15) is 49.7 Å². The molecule has 194 valence electrons. The minimum atomic E-state index is -4.53. The standard InChI is InChI=1S/C27H27F3N4O2S/c1-26(25(35)36)14-5-15-34(16-26)22-8-4-9-23(32-22)37-33-21-13-12-20(27(28,29)30)24(31-21)19-7-3-2-6-18(19)17-10-11-17/h2-4,6-9,12-13,17H,5,10-11,14-16H2,1H3,(H,31,33)(H,35,36)/t26-/m1/s1. The third-order valence-corrected chi connectivity index (χ3v) is 7.69. The highest BCUT2D eigenvalue weighted by molar-refractivity contribution is 8.00. The molecule has 37 heavy (non-hydrogen) atoms. The highest BCUT2D eigenvalue weighted by atomic mass is 32.2. The van der Waals surface area contributed by atoms with Gasteiger partial charge < -0.3 is 14.7 Å². The first kappa shape index (κ1) is 25.4. The minimum absolute atomic E-state index is 0.0800. The van der Waals surface area contributed by atoms with Crippen LogP contribution in [-0.4, -0.2) is 34.1 Å². The maximum atomic E-state index is 13.9. The molecule has 3 aromatic rings. The van der Waals surface area contributed by atoms with E-state index >= 15 is 0 Å². The van der Waals surface area contributed by atoms with Gasteiger partial charge in [-0.05, 0) is 68.4 Å². The summed E-state index contributed by atoms with van der Waals surface area (Å²) in [4.78, 5) is 22.7. The summed E-state index contributed by atoms with van der Waals surface area (Å²) in [5, 5.41) is 10.2. The molecule has 1 aliphatic heterocycles. The smallest absolute Gasteiger partial charge is 0.418 e. The molecule has 1 aromatic carbocycles. The Bertz CT molecular complexity index is 1310. The van der Waals surface area contributed by atoms with Crippen LogP contribution in [0, 0.1) is 5.41 Å². The van der Waals surface area contributed by atoms with Crippen LogP contribution in [0.2, 0.25) is 0 Å². The van der Waals surface area contributed by atoms with Crippen molar-refractivity contribution in [3.63, 3.8) is 0 Å². The molecule has 10 heteroatoms. The lowest BCUT2D eigenvalue weighted by atomic mass is 9.82. The van der Waals surface area contributed by atoms with Crippen LogP contribution in [-0.2, 0) is 11.0 Å².